The minimum atomic E-state index is 0.935. The summed E-state index contributed by atoms with van der Waals surface area (Å²) in [7, 11) is 1.73. The molecule has 0 atom stereocenters. The van der Waals surface area contributed by atoms with Gasteiger partial charge in [0.15, 0.2) is 0 Å². The van der Waals surface area contributed by atoms with Crippen LogP contribution in [-0.2, 0) is 0 Å². The van der Waals surface area contributed by atoms with Crippen molar-refractivity contribution in [1.82, 2.24) is 0 Å². The molecule has 0 saturated heterocycles. The molecule has 0 N–H and O–H groups in total. The van der Waals surface area contributed by atoms with Gasteiger partial charge in [-0.25, -0.2) is 0 Å². The molecule has 1 fully saturated rings. The van der Waals surface area contributed by atoms with Crippen molar-refractivity contribution in [1.29, 1.82) is 0 Å². The van der Waals surface area contributed by atoms with E-state index in [1.165, 1.54) is 42.8 Å². The fraction of sp³-hybridized carbons (Fsp3) is 0.571. The lowest BCUT2D eigenvalue weighted by Crippen LogP contribution is -2.08. The van der Waals surface area contributed by atoms with Gasteiger partial charge < -0.3 is 4.74 Å². The first-order valence-corrected chi connectivity index (χ1v) is 7.14. The topological polar surface area (TPSA) is 9.23 Å². The van der Waals surface area contributed by atoms with Gasteiger partial charge in [0.1, 0.15) is 5.75 Å². The predicted octanol–water partition coefficient (Wildman–Crippen LogP) is 4.37. The van der Waals surface area contributed by atoms with Crippen molar-refractivity contribution in [3.05, 3.63) is 24.3 Å². The van der Waals surface area contributed by atoms with E-state index in [9.17, 15) is 0 Å². The third-order valence-corrected chi connectivity index (χ3v) is 4.48. The number of thioether (sulfide) groups is 1. The summed E-state index contributed by atoms with van der Waals surface area (Å²) < 4.78 is 5.23. The Morgan fingerprint density at radius 1 is 1.25 bits per heavy atom. The Bertz CT molecular complexity index is 318. The first kappa shape index (κ1) is 11.8. The van der Waals surface area contributed by atoms with E-state index < -0.39 is 0 Å². The van der Waals surface area contributed by atoms with Crippen LogP contribution < -0.4 is 4.74 Å². The lowest BCUT2D eigenvalue weighted by Gasteiger charge is -2.20. The third-order valence-electron chi connectivity index (χ3n) is 3.25. The van der Waals surface area contributed by atoms with Crippen molar-refractivity contribution in [2.45, 2.75) is 37.0 Å². The Hall–Kier alpha value is -0.630. The Kier molecular flexibility index (Phi) is 4.58. The highest BCUT2D eigenvalue weighted by molar-refractivity contribution is 7.99. The van der Waals surface area contributed by atoms with Crippen LogP contribution in [0, 0.1) is 5.92 Å². The van der Waals surface area contributed by atoms with E-state index in [4.69, 9.17) is 4.74 Å². The molecule has 1 aliphatic rings. The molecule has 0 heterocycles. The molecule has 0 aliphatic heterocycles. The largest absolute Gasteiger partial charge is 0.497 e. The molecule has 88 valence electrons. The van der Waals surface area contributed by atoms with Crippen LogP contribution in [0.1, 0.15) is 32.1 Å². The first-order valence-electron chi connectivity index (χ1n) is 6.15. The number of methoxy groups -OCH3 is 1. The average molecular weight is 236 g/mol. The van der Waals surface area contributed by atoms with E-state index in [1.54, 1.807) is 7.11 Å². The summed E-state index contributed by atoms with van der Waals surface area (Å²) in [6, 6.07) is 8.39. The minimum Gasteiger partial charge on any atom is -0.497 e. The van der Waals surface area contributed by atoms with E-state index in [0.29, 0.717) is 0 Å². The monoisotopic (exact) mass is 236 g/mol. The Morgan fingerprint density at radius 3 is 2.81 bits per heavy atom. The third kappa shape index (κ3) is 3.44. The van der Waals surface area contributed by atoms with Crippen molar-refractivity contribution >= 4 is 11.8 Å². The first-order chi connectivity index (χ1) is 7.88. The number of rotatable bonds is 4. The van der Waals surface area contributed by atoms with Gasteiger partial charge in [0.25, 0.3) is 0 Å². The standard InChI is InChI=1S/C14H20OS/c1-15-13-8-5-9-14(10-13)16-11-12-6-3-2-4-7-12/h5,8-10,12H,2-4,6-7,11H2,1H3. The highest BCUT2D eigenvalue weighted by atomic mass is 32.2. The molecule has 0 radical (unpaired) electrons. The van der Waals surface area contributed by atoms with Crippen LogP contribution in [0.2, 0.25) is 0 Å². The van der Waals surface area contributed by atoms with Crippen LogP contribution in [0.15, 0.2) is 29.2 Å². The van der Waals surface area contributed by atoms with Crippen LogP contribution in [0.25, 0.3) is 0 Å². The van der Waals surface area contributed by atoms with Gasteiger partial charge in [-0.15, -0.1) is 11.8 Å². The average Bonchev–Trinajstić information content (AvgIpc) is 2.38. The van der Waals surface area contributed by atoms with Crippen molar-refractivity contribution in [3.8, 4) is 5.75 Å². The number of hydrogen-bond donors (Lipinski definition) is 0. The molecular weight excluding hydrogens is 216 g/mol. The zero-order valence-electron chi connectivity index (χ0n) is 9.95. The van der Waals surface area contributed by atoms with Gasteiger partial charge in [0.2, 0.25) is 0 Å². The lowest BCUT2D eigenvalue weighted by atomic mass is 9.91. The highest BCUT2D eigenvalue weighted by Gasteiger charge is 2.13. The summed E-state index contributed by atoms with van der Waals surface area (Å²) in [5, 5.41) is 0. The molecule has 0 amide bonds. The second kappa shape index (κ2) is 6.19. The fourth-order valence-corrected chi connectivity index (χ4v) is 3.39. The number of benzene rings is 1. The molecule has 2 heteroatoms. The number of ether oxygens (including phenoxy) is 1. The predicted molar refractivity (Wildman–Crippen MR) is 70.3 cm³/mol. The molecular formula is C14H20OS. The van der Waals surface area contributed by atoms with Crippen LogP contribution in [0.5, 0.6) is 5.75 Å². The summed E-state index contributed by atoms with van der Waals surface area (Å²) >= 11 is 1.98. The quantitative estimate of drug-likeness (QED) is 0.718. The Morgan fingerprint density at radius 2 is 2.06 bits per heavy atom. The van der Waals surface area contributed by atoms with Gasteiger partial charge in [-0.3, -0.25) is 0 Å². The molecule has 1 nitrogen and oxygen atoms in total. The smallest absolute Gasteiger partial charge is 0.119 e. The van der Waals surface area contributed by atoms with Crippen LogP contribution in [-0.4, -0.2) is 12.9 Å². The van der Waals surface area contributed by atoms with E-state index >= 15 is 0 Å². The van der Waals surface area contributed by atoms with Crippen molar-refractivity contribution in [3.63, 3.8) is 0 Å². The Labute approximate surface area is 103 Å². The molecule has 0 aromatic heterocycles. The molecule has 0 unspecified atom stereocenters. The number of hydrogen-bond acceptors (Lipinski definition) is 2. The summed E-state index contributed by atoms with van der Waals surface area (Å²) in [5.74, 6) is 3.17. The second-order valence-corrected chi connectivity index (χ2v) is 5.59. The summed E-state index contributed by atoms with van der Waals surface area (Å²) in [5.41, 5.74) is 0. The minimum absolute atomic E-state index is 0.935. The maximum absolute atomic E-state index is 5.23. The summed E-state index contributed by atoms with van der Waals surface area (Å²) in [6.45, 7) is 0. The maximum Gasteiger partial charge on any atom is 0.119 e. The van der Waals surface area contributed by atoms with E-state index in [-0.39, 0.29) is 0 Å². The SMILES string of the molecule is COc1cccc(SCC2CCCCC2)c1. The summed E-state index contributed by atoms with van der Waals surface area (Å²) in [6.07, 6.45) is 7.17. The van der Waals surface area contributed by atoms with Gasteiger partial charge >= 0.3 is 0 Å². The van der Waals surface area contributed by atoms with E-state index in [0.717, 1.165) is 11.7 Å². The van der Waals surface area contributed by atoms with Crippen molar-refractivity contribution in [2.24, 2.45) is 5.92 Å². The van der Waals surface area contributed by atoms with Gasteiger partial charge in [-0.2, -0.15) is 0 Å². The molecule has 1 aromatic carbocycles. The molecule has 1 saturated carbocycles. The normalized spacial score (nSPS) is 17.3. The molecule has 2 rings (SSSR count). The zero-order valence-corrected chi connectivity index (χ0v) is 10.8. The molecule has 1 aromatic rings. The van der Waals surface area contributed by atoms with Gasteiger partial charge in [0, 0.05) is 10.6 Å². The maximum atomic E-state index is 5.23. The molecule has 16 heavy (non-hydrogen) atoms. The molecule has 0 spiro atoms. The van der Waals surface area contributed by atoms with E-state index in [1.807, 2.05) is 17.8 Å². The van der Waals surface area contributed by atoms with E-state index in [2.05, 4.69) is 18.2 Å². The zero-order chi connectivity index (χ0) is 11.2. The van der Waals surface area contributed by atoms with Gasteiger partial charge in [0.05, 0.1) is 7.11 Å². The van der Waals surface area contributed by atoms with Crippen molar-refractivity contribution in [2.75, 3.05) is 12.9 Å². The van der Waals surface area contributed by atoms with Crippen LogP contribution in [0.4, 0.5) is 0 Å². The molecule has 0 bridgehead atoms. The highest BCUT2D eigenvalue weighted by Crippen LogP contribution is 2.30. The summed E-state index contributed by atoms with van der Waals surface area (Å²) in [4.78, 5) is 1.34. The van der Waals surface area contributed by atoms with Crippen molar-refractivity contribution < 1.29 is 4.74 Å². The van der Waals surface area contributed by atoms with Gasteiger partial charge in [-0.1, -0.05) is 25.3 Å². The van der Waals surface area contributed by atoms with Crippen LogP contribution in [0.3, 0.4) is 0 Å². The fourth-order valence-electron chi connectivity index (χ4n) is 2.26. The van der Waals surface area contributed by atoms with Gasteiger partial charge in [-0.05, 0) is 37.0 Å². The lowest BCUT2D eigenvalue weighted by molar-refractivity contribution is 0.391. The van der Waals surface area contributed by atoms with Crippen LogP contribution >= 0.6 is 11.8 Å². The Balaban J connectivity index is 1.83. The molecule has 1 aliphatic carbocycles. The second-order valence-electron chi connectivity index (χ2n) is 4.49.